The van der Waals surface area contributed by atoms with Gasteiger partial charge in [0.25, 0.3) is 0 Å². The molecule has 0 saturated carbocycles. The first kappa shape index (κ1) is 13.1. The normalized spacial score (nSPS) is 10.5. The van der Waals surface area contributed by atoms with Crippen LogP contribution in [0.4, 0.5) is 4.79 Å². The highest BCUT2D eigenvalue weighted by atomic mass is 16.2. The number of nitrogens with one attached hydrogen (secondary N) is 2. The van der Waals surface area contributed by atoms with E-state index in [1.165, 1.54) is 0 Å². The van der Waals surface area contributed by atoms with Crippen molar-refractivity contribution >= 4 is 6.03 Å². The molecule has 2 amide bonds. The minimum atomic E-state index is -0.173. The van der Waals surface area contributed by atoms with E-state index in [9.17, 15) is 4.79 Å². The Hall–Kier alpha value is -2.37. The van der Waals surface area contributed by atoms with Gasteiger partial charge in [-0.2, -0.15) is 0 Å². The lowest BCUT2D eigenvalue weighted by Crippen LogP contribution is -2.39. The molecule has 6 heteroatoms. The molecule has 6 nitrogen and oxygen atoms in total. The summed E-state index contributed by atoms with van der Waals surface area (Å²) in [6.45, 7) is 4.29. The fraction of sp³-hybridized carbons (Fsp3) is 0.308. The van der Waals surface area contributed by atoms with E-state index in [0.29, 0.717) is 6.54 Å². The third-order valence-corrected chi connectivity index (χ3v) is 2.45. The Labute approximate surface area is 111 Å². The first-order valence-electron chi connectivity index (χ1n) is 6.13. The van der Waals surface area contributed by atoms with Gasteiger partial charge < -0.3 is 10.6 Å². The second-order valence-electron chi connectivity index (χ2n) is 4.48. The molecule has 0 aliphatic carbocycles. The number of aromatic nitrogens is 3. The van der Waals surface area contributed by atoms with E-state index >= 15 is 0 Å². The van der Waals surface area contributed by atoms with Gasteiger partial charge >= 0.3 is 6.03 Å². The summed E-state index contributed by atoms with van der Waals surface area (Å²) < 4.78 is 1.82. The van der Waals surface area contributed by atoms with Crippen molar-refractivity contribution < 1.29 is 4.79 Å². The summed E-state index contributed by atoms with van der Waals surface area (Å²) in [5.74, 6) is 0.799. The molecule has 0 aliphatic rings. The number of carbonyl (C=O) groups excluding carboxylic acids is 1. The van der Waals surface area contributed by atoms with E-state index in [1.54, 1.807) is 18.7 Å². The SMILES string of the molecule is CC(C)NC(=O)NCc1ccc(-n2ccnc2)nc1. The van der Waals surface area contributed by atoms with E-state index in [0.717, 1.165) is 11.4 Å². The maximum atomic E-state index is 11.4. The van der Waals surface area contributed by atoms with Gasteiger partial charge in [-0.25, -0.2) is 14.8 Å². The van der Waals surface area contributed by atoms with Gasteiger partial charge in [0.15, 0.2) is 0 Å². The van der Waals surface area contributed by atoms with Crippen LogP contribution in [0.15, 0.2) is 37.1 Å². The van der Waals surface area contributed by atoms with Crippen LogP contribution < -0.4 is 10.6 Å². The second-order valence-corrected chi connectivity index (χ2v) is 4.48. The van der Waals surface area contributed by atoms with Crippen molar-refractivity contribution in [2.24, 2.45) is 0 Å². The van der Waals surface area contributed by atoms with Crippen molar-refractivity contribution in [1.29, 1.82) is 0 Å². The van der Waals surface area contributed by atoms with E-state index in [4.69, 9.17) is 0 Å². The first-order chi connectivity index (χ1) is 9.15. The van der Waals surface area contributed by atoms with Gasteiger partial charge in [-0.1, -0.05) is 6.07 Å². The summed E-state index contributed by atoms with van der Waals surface area (Å²) in [6, 6.07) is 3.77. The van der Waals surface area contributed by atoms with Crippen molar-refractivity contribution in [3.05, 3.63) is 42.6 Å². The van der Waals surface area contributed by atoms with Crippen LogP contribution >= 0.6 is 0 Å². The second kappa shape index (κ2) is 5.99. The summed E-state index contributed by atoms with van der Waals surface area (Å²) in [5, 5.41) is 5.54. The number of imidazole rings is 1. The summed E-state index contributed by atoms with van der Waals surface area (Å²) in [4.78, 5) is 19.7. The molecule has 100 valence electrons. The van der Waals surface area contributed by atoms with Crippen LogP contribution in [0.2, 0.25) is 0 Å². The highest BCUT2D eigenvalue weighted by Gasteiger charge is 2.03. The first-order valence-corrected chi connectivity index (χ1v) is 6.13. The molecule has 0 radical (unpaired) electrons. The minimum absolute atomic E-state index is 0.127. The molecule has 0 atom stereocenters. The number of carbonyl (C=O) groups is 1. The Morgan fingerprint density at radius 2 is 2.26 bits per heavy atom. The van der Waals surface area contributed by atoms with Crippen LogP contribution in [0, 0.1) is 0 Å². The number of nitrogens with zero attached hydrogens (tertiary/aromatic N) is 3. The summed E-state index contributed by atoms with van der Waals surface area (Å²) in [5.41, 5.74) is 0.947. The molecule has 2 rings (SSSR count). The predicted molar refractivity (Wildman–Crippen MR) is 71.9 cm³/mol. The number of amides is 2. The molecule has 19 heavy (non-hydrogen) atoms. The summed E-state index contributed by atoms with van der Waals surface area (Å²) >= 11 is 0. The van der Waals surface area contributed by atoms with Gasteiger partial charge in [0.05, 0.1) is 0 Å². The van der Waals surface area contributed by atoms with Crippen molar-refractivity contribution in [2.75, 3.05) is 0 Å². The summed E-state index contributed by atoms with van der Waals surface area (Å²) in [6.07, 6.45) is 6.96. The van der Waals surface area contributed by atoms with Crippen LogP contribution in [0.25, 0.3) is 5.82 Å². The quantitative estimate of drug-likeness (QED) is 0.873. The minimum Gasteiger partial charge on any atom is -0.336 e. The van der Waals surface area contributed by atoms with Crippen molar-refractivity contribution in [3.63, 3.8) is 0 Å². The molecule has 0 spiro atoms. The summed E-state index contributed by atoms with van der Waals surface area (Å²) in [7, 11) is 0. The maximum absolute atomic E-state index is 11.4. The molecule has 0 saturated heterocycles. The van der Waals surface area contributed by atoms with Gasteiger partial charge in [-0.15, -0.1) is 0 Å². The molecule has 2 aromatic rings. The zero-order valence-electron chi connectivity index (χ0n) is 11.0. The lowest BCUT2D eigenvalue weighted by atomic mass is 10.3. The Morgan fingerprint density at radius 3 is 2.84 bits per heavy atom. The van der Waals surface area contributed by atoms with Gasteiger partial charge in [0.1, 0.15) is 12.1 Å². The van der Waals surface area contributed by atoms with Crippen LogP contribution in [0.1, 0.15) is 19.4 Å². The van der Waals surface area contributed by atoms with Crippen molar-refractivity contribution in [3.8, 4) is 5.82 Å². The number of hydrogen-bond acceptors (Lipinski definition) is 3. The molecule has 0 bridgehead atoms. The third-order valence-electron chi connectivity index (χ3n) is 2.45. The average Bonchev–Trinajstić information content (AvgIpc) is 2.90. The Balaban J connectivity index is 1.91. The monoisotopic (exact) mass is 259 g/mol. The zero-order valence-corrected chi connectivity index (χ0v) is 11.0. The predicted octanol–water partition coefficient (Wildman–Crippen LogP) is 1.47. The Kier molecular flexibility index (Phi) is 4.12. The number of pyridine rings is 1. The molecule has 0 unspecified atom stereocenters. The van der Waals surface area contributed by atoms with Crippen molar-refractivity contribution in [1.82, 2.24) is 25.2 Å². The number of urea groups is 1. The Morgan fingerprint density at radius 1 is 1.42 bits per heavy atom. The van der Waals surface area contributed by atoms with Gasteiger partial charge in [0, 0.05) is 31.2 Å². The standard InChI is InChI=1S/C13H17N5O/c1-10(2)17-13(19)16-8-11-3-4-12(15-7-11)18-6-5-14-9-18/h3-7,9-10H,8H2,1-2H3,(H2,16,17,19). The number of rotatable bonds is 4. The van der Waals surface area contributed by atoms with Gasteiger partial charge in [0.2, 0.25) is 0 Å². The van der Waals surface area contributed by atoms with Gasteiger partial charge in [-0.3, -0.25) is 4.57 Å². The molecule has 2 heterocycles. The maximum Gasteiger partial charge on any atom is 0.315 e. The zero-order chi connectivity index (χ0) is 13.7. The van der Waals surface area contributed by atoms with E-state index < -0.39 is 0 Å². The van der Waals surface area contributed by atoms with E-state index in [-0.39, 0.29) is 12.1 Å². The Bertz CT molecular complexity index is 518. The highest BCUT2D eigenvalue weighted by Crippen LogP contribution is 2.05. The van der Waals surface area contributed by atoms with Crippen LogP contribution in [-0.2, 0) is 6.54 Å². The molecule has 0 fully saturated rings. The fourth-order valence-electron chi connectivity index (χ4n) is 1.56. The highest BCUT2D eigenvalue weighted by molar-refractivity contribution is 5.74. The molecule has 0 aromatic carbocycles. The van der Waals surface area contributed by atoms with Crippen molar-refractivity contribution in [2.45, 2.75) is 26.4 Å². The molecular formula is C13H17N5O. The topological polar surface area (TPSA) is 71.8 Å². The van der Waals surface area contributed by atoms with E-state index in [2.05, 4.69) is 20.6 Å². The lowest BCUT2D eigenvalue weighted by molar-refractivity contribution is 0.238. The molecule has 2 aromatic heterocycles. The molecule has 2 N–H and O–H groups in total. The number of hydrogen-bond donors (Lipinski definition) is 2. The lowest BCUT2D eigenvalue weighted by Gasteiger charge is -2.10. The molecular weight excluding hydrogens is 242 g/mol. The van der Waals surface area contributed by atoms with Crippen LogP contribution in [-0.4, -0.2) is 26.6 Å². The van der Waals surface area contributed by atoms with Crippen LogP contribution in [0.5, 0.6) is 0 Å². The van der Waals surface area contributed by atoms with E-state index in [1.807, 2.05) is 36.7 Å². The average molecular weight is 259 g/mol. The van der Waals surface area contributed by atoms with Crippen LogP contribution in [0.3, 0.4) is 0 Å². The fourth-order valence-corrected chi connectivity index (χ4v) is 1.56. The third kappa shape index (κ3) is 3.80. The smallest absolute Gasteiger partial charge is 0.315 e. The molecule has 0 aliphatic heterocycles. The van der Waals surface area contributed by atoms with Gasteiger partial charge in [-0.05, 0) is 25.5 Å². The largest absolute Gasteiger partial charge is 0.336 e.